The first-order valence-corrected chi connectivity index (χ1v) is 8.77. The Hall–Kier alpha value is -2.73. The fourth-order valence-electron chi connectivity index (χ4n) is 2.24. The average Bonchev–Trinajstić information content (AvgIpc) is 3.15. The number of hydrogen-bond acceptors (Lipinski definition) is 4. The fraction of sp³-hybridized carbons (Fsp3) is 0.158. The van der Waals surface area contributed by atoms with E-state index in [4.69, 9.17) is 4.74 Å². The van der Waals surface area contributed by atoms with E-state index in [9.17, 15) is 9.18 Å². The van der Waals surface area contributed by atoms with Gasteiger partial charge in [-0.1, -0.05) is 12.1 Å². The van der Waals surface area contributed by atoms with Crippen LogP contribution >= 0.6 is 11.3 Å². The minimum absolute atomic E-state index is 0.145. The van der Waals surface area contributed by atoms with Crippen LogP contribution in [0.5, 0.6) is 5.75 Å². The maximum Gasteiger partial charge on any atom is 0.251 e. The van der Waals surface area contributed by atoms with Gasteiger partial charge in [0.15, 0.2) is 0 Å². The maximum absolute atomic E-state index is 12.8. The summed E-state index contributed by atoms with van der Waals surface area (Å²) in [7, 11) is 0. The largest absolute Gasteiger partial charge is 0.487 e. The molecule has 1 heterocycles. The van der Waals surface area contributed by atoms with Crippen molar-refractivity contribution in [2.24, 2.45) is 0 Å². The summed E-state index contributed by atoms with van der Waals surface area (Å²) in [6, 6.07) is 13.3. The summed E-state index contributed by atoms with van der Waals surface area (Å²) in [5, 5.41) is 4.79. The first kappa shape index (κ1) is 17.1. The van der Waals surface area contributed by atoms with Crippen molar-refractivity contribution in [2.75, 3.05) is 6.54 Å². The number of benzene rings is 2. The summed E-state index contributed by atoms with van der Waals surface area (Å²) in [4.78, 5) is 16.3. The molecule has 1 aromatic heterocycles. The molecule has 0 saturated heterocycles. The van der Waals surface area contributed by atoms with Crippen molar-refractivity contribution in [1.82, 2.24) is 10.3 Å². The van der Waals surface area contributed by atoms with Gasteiger partial charge in [0.25, 0.3) is 5.91 Å². The number of thiazole rings is 1. The Morgan fingerprint density at radius 2 is 1.88 bits per heavy atom. The zero-order valence-corrected chi connectivity index (χ0v) is 14.3. The lowest BCUT2D eigenvalue weighted by Gasteiger charge is -2.07. The van der Waals surface area contributed by atoms with Crippen molar-refractivity contribution >= 4 is 17.2 Å². The number of halogens is 1. The molecular formula is C19H17FN2O2S. The molecule has 3 rings (SSSR count). The fourth-order valence-corrected chi connectivity index (χ4v) is 2.79. The predicted molar refractivity (Wildman–Crippen MR) is 95.3 cm³/mol. The third kappa shape index (κ3) is 5.12. The molecule has 3 aromatic rings. The van der Waals surface area contributed by atoms with Gasteiger partial charge in [-0.05, 0) is 48.4 Å². The van der Waals surface area contributed by atoms with Crippen LogP contribution in [-0.2, 0) is 13.0 Å². The van der Waals surface area contributed by atoms with E-state index in [0.29, 0.717) is 30.9 Å². The van der Waals surface area contributed by atoms with E-state index in [0.717, 1.165) is 11.3 Å². The molecule has 6 heteroatoms. The summed E-state index contributed by atoms with van der Waals surface area (Å²) in [5.74, 6) is 0.286. The summed E-state index contributed by atoms with van der Waals surface area (Å²) >= 11 is 1.53. The molecule has 0 aliphatic heterocycles. The third-order valence-electron chi connectivity index (χ3n) is 3.60. The Kier molecular flexibility index (Phi) is 5.74. The first-order chi connectivity index (χ1) is 12.2. The van der Waals surface area contributed by atoms with Crippen molar-refractivity contribution in [1.29, 1.82) is 0 Å². The molecule has 0 bridgehead atoms. The average molecular weight is 356 g/mol. The summed E-state index contributed by atoms with van der Waals surface area (Å²) in [5.41, 5.74) is 4.19. The van der Waals surface area contributed by atoms with Crippen molar-refractivity contribution in [2.45, 2.75) is 13.0 Å². The van der Waals surface area contributed by atoms with Gasteiger partial charge in [-0.2, -0.15) is 0 Å². The topological polar surface area (TPSA) is 51.2 Å². The molecule has 0 unspecified atom stereocenters. The molecule has 0 fully saturated rings. The molecule has 0 atom stereocenters. The van der Waals surface area contributed by atoms with Crippen LogP contribution in [0.2, 0.25) is 0 Å². The molecule has 1 amide bonds. The van der Waals surface area contributed by atoms with Gasteiger partial charge in [0, 0.05) is 17.5 Å². The highest BCUT2D eigenvalue weighted by molar-refractivity contribution is 7.07. The standard InChI is InChI=1S/C19H17FN2O2S/c20-16-5-1-14(2-6-16)9-10-21-19(23)15-3-7-18(8-4-15)24-11-17-12-25-13-22-17/h1-8,12-13H,9-11H2,(H,21,23). The van der Waals surface area contributed by atoms with E-state index in [-0.39, 0.29) is 11.7 Å². The summed E-state index contributed by atoms with van der Waals surface area (Å²) in [6.07, 6.45) is 0.654. The van der Waals surface area contributed by atoms with Crippen LogP contribution in [0, 0.1) is 5.82 Å². The van der Waals surface area contributed by atoms with Crippen LogP contribution in [0.3, 0.4) is 0 Å². The van der Waals surface area contributed by atoms with E-state index in [2.05, 4.69) is 10.3 Å². The number of hydrogen-bond donors (Lipinski definition) is 1. The number of aromatic nitrogens is 1. The second-order valence-corrected chi connectivity index (χ2v) is 6.14. The molecule has 0 spiro atoms. The number of ether oxygens (including phenoxy) is 1. The van der Waals surface area contributed by atoms with Gasteiger partial charge in [-0.15, -0.1) is 11.3 Å². The van der Waals surface area contributed by atoms with Gasteiger partial charge in [-0.25, -0.2) is 9.37 Å². The van der Waals surface area contributed by atoms with Gasteiger partial charge < -0.3 is 10.1 Å². The van der Waals surface area contributed by atoms with E-state index in [1.54, 1.807) is 41.9 Å². The molecule has 0 aliphatic rings. The Labute approximate surface area is 149 Å². The first-order valence-electron chi connectivity index (χ1n) is 7.83. The lowest BCUT2D eigenvalue weighted by Crippen LogP contribution is -2.25. The zero-order chi connectivity index (χ0) is 17.5. The normalized spacial score (nSPS) is 10.4. The highest BCUT2D eigenvalue weighted by Crippen LogP contribution is 2.14. The van der Waals surface area contributed by atoms with E-state index in [1.807, 2.05) is 5.38 Å². The SMILES string of the molecule is O=C(NCCc1ccc(F)cc1)c1ccc(OCc2cscn2)cc1. The number of rotatable bonds is 7. The van der Waals surface area contributed by atoms with E-state index < -0.39 is 0 Å². The van der Waals surface area contributed by atoms with Crippen LogP contribution in [0.4, 0.5) is 4.39 Å². The molecule has 2 aromatic carbocycles. The number of amides is 1. The third-order valence-corrected chi connectivity index (χ3v) is 4.23. The Balaban J connectivity index is 1.46. The van der Waals surface area contributed by atoms with E-state index in [1.165, 1.54) is 23.5 Å². The van der Waals surface area contributed by atoms with E-state index >= 15 is 0 Å². The smallest absolute Gasteiger partial charge is 0.251 e. The quantitative estimate of drug-likeness (QED) is 0.700. The second kappa shape index (κ2) is 8.39. The Morgan fingerprint density at radius 3 is 2.56 bits per heavy atom. The van der Waals surface area contributed by atoms with Gasteiger partial charge in [-0.3, -0.25) is 4.79 Å². The molecule has 128 valence electrons. The van der Waals surface area contributed by atoms with Crippen LogP contribution in [0.15, 0.2) is 59.4 Å². The molecule has 4 nitrogen and oxygen atoms in total. The molecule has 1 N–H and O–H groups in total. The van der Waals surface area contributed by atoms with Crippen molar-refractivity contribution < 1.29 is 13.9 Å². The van der Waals surface area contributed by atoms with Crippen molar-refractivity contribution in [3.8, 4) is 5.75 Å². The molecule has 25 heavy (non-hydrogen) atoms. The molecular weight excluding hydrogens is 339 g/mol. The Bertz CT molecular complexity index is 802. The second-order valence-electron chi connectivity index (χ2n) is 5.43. The number of nitrogens with one attached hydrogen (secondary N) is 1. The lowest BCUT2D eigenvalue weighted by atomic mass is 10.1. The van der Waals surface area contributed by atoms with Crippen LogP contribution < -0.4 is 10.1 Å². The maximum atomic E-state index is 12.8. The highest BCUT2D eigenvalue weighted by Gasteiger charge is 2.06. The number of carbonyl (C=O) groups is 1. The van der Waals surface area contributed by atoms with Crippen LogP contribution in [0.25, 0.3) is 0 Å². The zero-order valence-electron chi connectivity index (χ0n) is 13.4. The Morgan fingerprint density at radius 1 is 1.12 bits per heavy atom. The monoisotopic (exact) mass is 356 g/mol. The van der Waals surface area contributed by atoms with Crippen molar-refractivity contribution in [3.63, 3.8) is 0 Å². The van der Waals surface area contributed by atoms with Crippen molar-refractivity contribution in [3.05, 3.63) is 82.1 Å². The van der Waals surface area contributed by atoms with Gasteiger partial charge in [0.2, 0.25) is 0 Å². The van der Waals surface area contributed by atoms with Gasteiger partial charge in [0.1, 0.15) is 18.2 Å². The molecule has 0 radical (unpaired) electrons. The lowest BCUT2D eigenvalue weighted by molar-refractivity contribution is 0.0954. The van der Waals surface area contributed by atoms with Crippen LogP contribution in [-0.4, -0.2) is 17.4 Å². The van der Waals surface area contributed by atoms with Gasteiger partial charge in [0.05, 0.1) is 11.2 Å². The predicted octanol–water partition coefficient (Wildman–Crippen LogP) is 3.83. The highest BCUT2D eigenvalue weighted by atomic mass is 32.1. The van der Waals surface area contributed by atoms with Gasteiger partial charge >= 0.3 is 0 Å². The number of carbonyl (C=O) groups excluding carboxylic acids is 1. The molecule has 0 saturated carbocycles. The molecule has 0 aliphatic carbocycles. The minimum Gasteiger partial charge on any atom is -0.487 e. The summed E-state index contributed by atoms with van der Waals surface area (Å²) < 4.78 is 18.5. The summed E-state index contributed by atoms with van der Waals surface area (Å²) in [6.45, 7) is 0.902. The minimum atomic E-state index is -0.259. The number of nitrogens with zero attached hydrogens (tertiary/aromatic N) is 1. The van der Waals surface area contributed by atoms with Crippen LogP contribution in [0.1, 0.15) is 21.6 Å².